The summed E-state index contributed by atoms with van der Waals surface area (Å²) in [7, 11) is 0. The average molecular weight is 192 g/mol. The van der Waals surface area contributed by atoms with E-state index in [-0.39, 0.29) is 17.5 Å². The van der Waals surface area contributed by atoms with Gasteiger partial charge in [-0.2, -0.15) is 0 Å². The molecule has 0 radical (unpaired) electrons. The fourth-order valence-electron chi connectivity index (χ4n) is 0.975. The van der Waals surface area contributed by atoms with Gasteiger partial charge in [-0.05, 0) is 18.2 Å². The molecule has 1 nitrogen and oxygen atoms in total. The van der Waals surface area contributed by atoms with Crippen LogP contribution in [0.5, 0.6) is 0 Å². The molecule has 0 aliphatic heterocycles. The van der Waals surface area contributed by atoms with Crippen molar-refractivity contribution in [1.29, 1.82) is 0 Å². The van der Waals surface area contributed by atoms with E-state index in [0.29, 0.717) is 5.56 Å². The fraction of sp³-hybridized carbons (Fsp3) is 0.250. The molecule has 0 aliphatic carbocycles. The van der Waals surface area contributed by atoms with E-state index in [2.05, 4.69) is 0 Å². The van der Waals surface area contributed by atoms with Gasteiger partial charge in [-0.25, -0.2) is 4.39 Å². The van der Waals surface area contributed by atoms with Crippen molar-refractivity contribution in [3.63, 3.8) is 0 Å². The van der Waals surface area contributed by atoms with E-state index in [0.717, 1.165) is 0 Å². The maximum atomic E-state index is 13.1. The minimum absolute atomic E-state index is 0.00764. The Kier molecular flexibility index (Phi) is 3.57. The van der Waals surface area contributed by atoms with Crippen molar-refractivity contribution < 1.29 is 9.18 Å². The quantitative estimate of drug-likeness (QED) is 0.672. The first-order valence-electron chi connectivity index (χ1n) is 4.57. The minimum atomic E-state index is -0.305. The highest BCUT2D eigenvalue weighted by Crippen LogP contribution is 2.08. The van der Waals surface area contributed by atoms with Crippen molar-refractivity contribution in [3.8, 4) is 0 Å². The highest BCUT2D eigenvalue weighted by Gasteiger charge is 2.02. The van der Waals surface area contributed by atoms with Crippen molar-refractivity contribution in [3.05, 3.63) is 41.7 Å². The van der Waals surface area contributed by atoms with Gasteiger partial charge in [0.15, 0.2) is 5.78 Å². The number of hydrogen-bond donors (Lipinski definition) is 0. The first kappa shape index (κ1) is 10.6. The molecule has 0 N–H and O–H groups in total. The summed E-state index contributed by atoms with van der Waals surface area (Å²) in [4.78, 5) is 11.2. The molecule has 74 valence electrons. The first-order chi connectivity index (χ1) is 6.61. The minimum Gasteiger partial charge on any atom is -0.295 e. The molecule has 1 aromatic rings. The van der Waals surface area contributed by atoms with E-state index in [4.69, 9.17) is 0 Å². The van der Waals surface area contributed by atoms with Crippen LogP contribution in [-0.2, 0) is 4.79 Å². The molecular formula is C12H13FO. The highest BCUT2D eigenvalue weighted by molar-refractivity contribution is 5.94. The fourth-order valence-corrected chi connectivity index (χ4v) is 0.975. The number of benzene rings is 1. The second-order valence-corrected chi connectivity index (χ2v) is 3.41. The lowest BCUT2D eigenvalue weighted by Gasteiger charge is -1.97. The van der Waals surface area contributed by atoms with Crippen molar-refractivity contribution in [2.24, 2.45) is 5.92 Å². The van der Waals surface area contributed by atoms with Gasteiger partial charge in [0.25, 0.3) is 0 Å². The van der Waals surface area contributed by atoms with Gasteiger partial charge in [-0.1, -0.05) is 32.0 Å². The third kappa shape index (κ3) is 2.80. The summed E-state index contributed by atoms with van der Waals surface area (Å²) in [5.74, 6) is -0.341. The van der Waals surface area contributed by atoms with Crippen LogP contribution in [-0.4, -0.2) is 5.78 Å². The summed E-state index contributed by atoms with van der Waals surface area (Å²) >= 11 is 0. The zero-order chi connectivity index (χ0) is 10.6. The molecule has 0 fully saturated rings. The van der Waals surface area contributed by atoms with Gasteiger partial charge in [0.05, 0.1) is 0 Å². The third-order valence-electron chi connectivity index (χ3n) is 1.90. The third-order valence-corrected chi connectivity index (χ3v) is 1.90. The SMILES string of the molecule is CC(C)C(=O)/C=C/c1ccccc1F. The van der Waals surface area contributed by atoms with Gasteiger partial charge in [0.1, 0.15) is 5.82 Å². The second-order valence-electron chi connectivity index (χ2n) is 3.41. The van der Waals surface area contributed by atoms with Crippen LogP contribution in [0.25, 0.3) is 6.08 Å². The monoisotopic (exact) mass is 192 g/mol. The molecule has 0 bridgehead atoms. The van der Waals surface area contributed by atoms with Crippen molar-refractivity contribution in [2.75, 3.05) is 0 Å². The maximum Gasteiger partial charge on any atom is 0.158 e. The Balaban J connectivity index is 2.79. The lowest BCUT2D eigenvalue weighted by Crippen LogP contribution is -2.01. The number of carbonyl (C=O) groups is 1. The number of rotatable bonds is 3. The van der Waals surface area contributed by atoms with Gasteiger partial charge in [-0.15, -0.1) is 0 Å². The lowest BCUT2D eigenvalue weighted by molar-refractivity contribution is -0.117. The Morgan fingerprint density at radius 1 is 1.36 bits per heavy atom. The summed E-state index contributed by atoms with van der Waals surface area (Å²) in [6.45, 7) is 3.63. The van der Waals surface area contributed by atoms with Crippen LogP contribution in [0.4, 0.5) is 4.39 Å². The molecule has 0 aromatic heterocycles. The van der Waals surface area contributed by atoms with E-state index in [1.165, 1.54) is 18.2 Å². The summed E-state index contributed by atoms with van der Waals surface area (Å²) in [5.41, 5.74) is 0.446. The number of halogens is 1. The van der Waals surface area contributed by atoms with Crippen LogP contribution in [0.2, 0.25) is 0 Å². The Morgan fingerprint density at radius 3 is 2.57 bits per heavy atom. The smallest absolute Gasteiger partial charge is 0.158 e. The molecule has 2 heteroatoms. The average Bonchev–Trinajstić information content (AvgIpc) is 2.16. The van der Waals surface area contributed by atoms with Crippen molar-refractivity contribution in [2.45, 2.75) is 13.8 Å². The van der Waals surface area contributed by atoms with Crippen molar-refractivity contribution >= 4 is 11.9 Å². The normalized spacial score (nSPS) is 11.1. The van der Waals surface area contributed by atoms with Crippen LogP contribution < -0.4 is 0 Å². The zero-order valence-corrected chi connectivity index (χ0v) is 8.33. The molecule has 1 rings (SSSR count). The molecule has 0 heterocycles. The van der Waals surface area contributed by atoms with Crippen molar-refractivity contribution in [1.82, 2.24) is 0 Å². The van der Waals surface area contributed by atoms with Gasteiger partial charge < -0.3 is 0 Å². The summed E-state index contributed by atoms with van der Waals surface area (Å²) in [6, 6.07) is 6.37. The van der Waals surface area contributed by atoms with Gasteiger partial charge in [0, 0.05) is 11.5 Å². The molecule has 0 amide bonds. The molecule has 0 saturated heterocycles. The van der Waals surface area contributed by atoms with Crippen LogP contribution in [0.15, 0.2) is 30.3 Å². The van der Waals surface area contributed by atoms with Crippen LogP contribution >= 0.6 is 0 Å². The Morgan fingerprint density at radius 2 is 2.00 bits per heavy atom. The molecule has 14 heavy (non-hydrogen) atoms. The maximum absolute atomic E-state index is 13.1. The van der Waals surface area contributed by atoms with E-state index < -0.39 is 0 Å². The molecule has 0 atom stereocenters. The van der Waals surface area contributed by atoms with E-state index in [9.17, 15) is 9.18 Å². The summed E-state index contributed by atoms with van der Waals surface area (Å²) in [5, 5.41) is 0. The molecule has 0 spiro atoms. The highest BCUT2D eigenvalue weighted by atomic mass is 19.1. The van der Waals surface area contributed by atoms with E-state index >= 15 is 0 Å². The molecular weight excluding hydrogens is 179 g/mol. The second kappa shape index (κ2) is 4.70. The van der Waals surface area contributed by atoms with Crippen LogP contribution in [0.3, 0.4) is 0 Å². The largest absolute Gasteiger partial charge is 0.295 e. The Bertz CT molecular complexity index is 353. The molecule has 0 aliphatic rings. The van der Waals surface area contributed by atoms with Crippen LogP contribution in [0.1, 0.15) is 19.4 Å². The van der Waals surface area contributed by atoms with E-state index in [1.54, 1.807) is 18.2 Å². The van der Waals surface area contributed by atoms with Gasteiger partial charge >= 0.3 is 0 Å². The number of ketones is 1. The standard InChI is InChI=1S/C12H13FO/c1-9(2)12(14)8-7-10-5-3-4-6-11(10)13/h3-9H,1-2H3/b8-7+. The Hall–Kier alpha value is -1.44. The number of allylic oxidation sites excluding steroid dienone is 1. The van der Waals surface area contributed by atoms with E-state index in [1.807, 2.05) is 13.8 Å². The molecule has 0 unspecified atom stereocenters. The van der Waals surface area contributed by atoms with Crippen LogP contribution in [0, 0.1) is 11.7 Å². The zero-order valence-electron chi connectivity index (χ0n) is 8.33. The number of hydrogen-bond acceptors (Lipinski definition) is 1. The predicted octanol–water partition coefficient (Wildman–Crippen LogP) is 3.06. The number of carbonyl (C=O) groups excluding carboxylic acids is 1. The first-order valence-corrected chi connectivity index (χ1v) is 4.57. The molecule has 0 saturated carbocycles. The predicted molar refractivity (Wildman–Crippen MR) is 55.3 cm³/mol. The molecule has 1 aromatic carbocycles. The topological polar surface area (TPSA) is 17.1 Å². The summed E-state index contributed by atoms with van der Waals surface area (Å²) in [6.07, 6.45) is 2.93. The summed E-state index contributed by atoms with van der Waals surface area (Å²) < 4.78 is 13.1. The van der Waals surface area contributed by atoms with Gasteiger partial charge in [-0.3, -0.25) is 4.79 Å². The van der Waals surface area contributed by atoms with Gasteiger partial charge in [0.2, 0.25) is 0 Å². The Labute approximate surface area is 83.3 Å². The lowest BCUT2D eigenvalue weighted by atomic mass is 10.1.